The van der Waals surface area contributed by atoms with Gasteiger partial charge in [-0.2, -0.15) is 0 Å². The quantitative estimate of drug-likeness (QED) is 0.929. The van der Waals surface area contributed by atoms with Crippen LogP contribution in [0.1, 0.15) is 21.3 Å². The summed E-state index contributed by atoms with van der Waals surface area (Å²) in [7, 11) is 1.71. The molecule has 2 heterocycles. The molecule has 0 radical (unpaired) electrons. The Morgan fingerprint density at radius 2 is 2.35 bits per heavy atom. The Labute approximate surface area is 107 Å². The normalized spacial score (nSPS) is 10.5. The number of carbonyl (C=O) groups is 1. The van der Waals surface area contributed by atoms with Crippen LogP contribution < -0.4 is 0 Å². The van der Waals surface area contributed by atoms with E-state index in [2.05, 4.69) is 15.2 Å². The highest BCUT2D eigenvalue weighted by atomic mass is 35.5. The summed E-state index contributed by atoms with van der Waals surface area (Å²) in [6, 6.07) is 3.72. The number of aromatic nitrogens is 3. The first-order valence-corrected chi connectivity index (χ1v) is 6.14. The number of hydrogen-bond donors (Lipinski definition) is 1. The van der Waals surface area contributed by atoms with E-state index in [1.54, 1.807) is 18.9 Å². The lowest BCUT2D eigenvalue weighted by atomic mass is 10.4. The predicted octanol–water partition coefficient (Wildman–Crippen LogP) is 2.10. The number of nitrogens with one attached hydrogen (secondary N) is 1. The van der Waals surface area contributed by atoms with E-state index < -0.39 is 0 Å². The zero-order valence-corrected chi connectivity index (χ0v) is 11.0. The van der Waals surface area contributed by atoms with Crippen LogP contribution in [0.15, 0.2) is 12.1 Å². The first kappa shape index (κ1) is 12.1. The molecule has 7 heteroatoms. The van der Waals surface area contributed by atoms with Gasteiger partial charge in [-0.25, -0.2) is 4.98 Å². The predicted molar refractivity (Wildman–Crippen MR) is 66.2 cm³/mol. The largest absolute Gasteiger partial charge is 0.334 e. The number of halogens is 1. The minimum absolute atomic E-state index is 0.188. The van der Waals surface area contributed by atoms with Crippen molar-refractivity contribution in [2.45, 2.75) is 13.5 Å². The molecule has 0 unspecified atom stereocenters. The highest BCUT2D eigenvalue weighted by molar-refractivity contribution is 7.16. The minimum atomic E-state index is -0.209. The van der Waals surface area contributed by atoms with Gasteiger partial charge in [0.1, 0.15) is 5.82 Å². The Hall–Kier alpha value is -1.40. The Balaban J connectivity index is 2.05. The monoisotopic (exact) mass is 270 g/mol. The molecule has 0 spiro atoms. The van der Waals surface area contributed by atoms with Gasteiger partial charge in [-0.05, 0) is 19.1 Å². The molecule has 90 valence electrons. The molecule has 0 saturated carbocycles. The first-order valence-electron chi connectivity index (χ1n) is 4.95. The second-order valence-electron chi connectivity index (χ2n) is 3.61. The van der Waals surface area contributed by atoms with Crippen LogP contribution in [0.2, 0.25) is 4.34 Å². The molecule has 0 aliphatic heterocycles. The van der Waals surface area contributed by atoms with Crippen molar-refractivity contribution in [2.75, 3.05) is 7.05 Å². The van der Waals surface area contributed by atoms with E-state index in [1.165, 1.54) is 11.3 Å². The fourth-order valence-electron chi connectivity index (χ4n) is 1.35. The highest BCUT2D eigenvalue weighted by Gasteiger charge is 2.16. The third-order valence-corrected chi connectivity index (χ3v) is 3.37. The van der Waals surface area contributed by atoms with Crippen LogP contribution in [0.5, 0.6) is 0 Å². The van der Waals surface area contributed by atoms with E-state index >= 15 is 0 Å². The van der Waals surface area contributed by atoms with Crippen LogP contribution in [0.4, 0.5) is 0 Å². The molecule has 0 saturated heterocycles. The van der Waals surface area contributed by atoms with Gasteiger partial charge in [0.25, 0.3) is 5.91 Å². The molecule has 2 rings (SSSR count). The second kappa shape index (κ2) is 4.85. The molecule has 0 aliphatic rings. The van der Waals surface area contributed by atoms with Crippen molar-refractivity contribution >= 4 is 28.8 Å². The molecular formula is C10H11ClN4OS. The molecule has 0 aromatic carbocycles. The molecule has 1 amide bonds. The van der Waals surface area contributed by atoms with E-state index in [1.807, 2.05) is 12.1 Å². The highest BCUT2D eigenvalue weighted by Crippen LogP contribution is 2.22. The number of H-pyrrole nitrogens is 1. The maximum atomic E-state index is 11.9. The molecule has 17 heavy (non-hydrogen) atoms. The third kappa shape index (κ3) is 2.83. The number of nitrogens with zero attached hydrogens (tertiary/aromatic N) is 3. The van der Waals surface area contributed by atoms with Crippen LogP contribution in [0.3, 0.4) is 0 Å². The number of amides is 1. The van der Waals surface area contributed by atoms with Gasteiger partial charge in [0.15, 0.2) is 0 Å². The van der Waals surface area contributed by atoms with Gasteiger partial charge in [-0.1, -0.05) is 11.6 Å². The summed E-state index contributed by atoms with van der Waals surface area (Å²) >= 11 is 7.29. The topological polar surface area (TPSA) is 61.9 Å². The zero-order valence-electron chi connectivity index (χ0n) is 9.40. The Morgan fingerprint density at radius 1 is 1.59 bits per heavy atom. The maximum Gasteiger partial charge on any atom is 0.293 e. The lowest BCUT2D eigenvalue weighted by Gasteiger charge is -2.13. The van der Waals surface area contributed by atoms with Crippen molar-refractivity contribution in [3.63, 3.8) is 0 Å². The Morgan fingerprint density at radius 3 is 2.88 bits per heavy atom. The zero-order chi connectivity index (χ0) is 12.4. The van der Waals surface area contributed by atoms with Gasteiger partial charge < -0.3 is 4.90 Å². The van der Waals surface area contributed by atoms with Crippen LogP contribution in [0, 0.1) is 6.92 Å². The molecule has 0 aliphatic carbocycles. The van der Waals surface area contributed by atoms with E-state index in [9.17, 15) is 4.79 Å². The average molecular weight is 271 g/mol. The van der Waals surface area contributed by atoms with Crippen LogP contribution >= 0.6 is 22.9 Å². The molecule has 0 bridgehead atoms. The lowest BCUT2D eigenvalue weighted by molar-refractivity contribution is 0.0775. The molecule has 1 N–H and O–H groups in total. The van der Waals surface area contributed by atoms with Gasteiger partial charge in [0.05, 0.1) is 10.9 Å². The summed E-state index contributed by atoms with van der Waals surface area (Å²) in [5, 5.41) is 6.48. The molecule has 0 fully saturated rings. The van der Waals surface area contributed by atoms with E-state index in [0.717, 1.165) is 9.21 Å². The molecule has 2 aromatic rings. The molecule has 2 aromatic heterocycles. The summed E-state index contributed by atoms with van der Waals surface area (Å²) in [6.07, 6.45) is 0. The Kier molecular flexibility index (Phi) is 3.44. The number of thiophene rings is 1. The molecule has 5 nitrogen and oxygen atoms in total. The lowest BCUT2D eigenvalue weighted by Crippen LogP contribution is -2.26. The number of aryl methyl sites for hydroxylation is 1. The van der Waals surface area contributed by atoms with Crippen molar-refractivity contribution in [3.05, 3.63) is 33.0 Å². The van der Waals surface area contributed by atoms with Crippen molar-refractivity contribution < 1.29 is 4.79 Å². The van der Waals surface area contributed by atoms with Gasteiger partial charge >= 0.3 is 0 Å². The SMILES string of the molecule is Cc1nc(C(=O)N(C)Cc2ccc(Cl)s2)n[nH]1. The van der Waals surface area contributed by atoms with Gasteiger partial charge in [-0.3, -0.25) is 9.89 Å². The summed E-state index contributed by atoms with van der Waals surface area (Å²) in [6.45, 7) is 2.26. The fourth-order valence-corrected chi connectivity index (χ4v) is 2.49. The van der Waals surface area contributed by atoms with Crippen molar-refractivity contribution in [1.29, 1.82) is 0 Å². The smallest absolute Gasteiger partial charge is 0.293 e. The molecular weight excluding hydrogens is 260 g/mol. The number of hydrogen-bond acceptors (Lipinski definition) is 4. The molecule has 0 atom stereocenters. The minimum Gasteiger partial charge on any atom is -0.334 e. The maximum absolute atomic E-state index is 11.9. The average Bonchev–Trinajstić information content (AvgIpc) is 2.87. The fraction of sp³-hybridized carbons (Fsp3) is 0.300. The first-order chi connectivity index (χ1) is 8.06. The standard InChI is InChI=1S/C10H11ClN4OS/c1-6-12-9(14-13-6)10(16)15(2)5-7-3-4-8(11)17-7/h3-4H,5H2,1-2H3,(H,12,13,14). The summed E-state index contributed by atoms with van der Waals surface area (Å²) in [5.74, 6) is 0.604. The van der Waals surface area contributed by atoms with Crippen molar-refractivity contribution in [1.82, 2.24) is 20.1 Å². The third-order valence-electron chi connectivity index (χ3n) is 2.16. The summed E-state index contributed by atoms with van der Waals surface area (Å²) in [5.41, 5.74) is 0. The summed E-state index contributed by atoms with van der Waals surface area (Å²) < 4.78 is 0.717. The second-order valence-corrected chi connectivity index (χ2v) is 5.41. The van der Waals surface area contributed by atoms with E-state index in [4.69, 9.17) is 11.6 Å². The Bertz CT molecular complexity index is 536. The number of carbonyl (C=O) groups excluding carboxylic acids is 1. The van der Waals surface area contributed by atoms with Gasteiger partial charge in [0, 0.05) is 11.9 Å². The van der Waals surface area contributed by atoms with Crippen molar-refractivity contribution in [2.24, 2.45) is 0 Å². The number of aromatic amines is 1. The van der Waals surface area contributed by atoms with Crippen LogP contribution in [-0.2, 0) is 6.54 Å². The number of rotatable bonds is 3. The van der Waals surface area contributed by atoms with E-state index in [0.29, 0.717) is 12.4 Å². The summed E-state index contributed by atoms with van der Waals surface area (Å²) in [4.78, 5) is 18.5. The van der Waals surface area contributed by atoms with Gasteiger partial charge in [0.2, 0.25) is 5.82 Å². The van der Waals surface area contributed by atoms with Gasteiger partial charge in [-0.15, -0.1) is 16.4 Å². The van der Waals surface area contributed by atoms with Crippen LogP contribution in [0.25, 0.3) is 0 Å². The van der Waals surface area contributed by atoms with E-state index in [-0.39, 0.29) is 11.7 Å². The van der Waals surface area contributed by atoms with Crippen LogP contribution in [-0.4, -0.2) is 33.0 Å². The van der Waals surface area contributed by atoms with Crippen molar-refractivity contribution in [3.8, 4) is 0 Å².